The zero-order chi connectivity index (χ0) is 10.2. The highest BCUT2D eigenvalue weighted by Gasteiger charge is 2.43. The van der Waals surface area contributed by atoms with E-state index >= 15 is 0 Å². The number of hydrogen-bond donors (Lipinski definition) is 1. The SMILES string of the molecule is COc1onc(C)c1C1(CN)CCC1. The van der Waals surface area contributed by atoms with E-state index in [1.807, 2.05) is 6.92 Å². The molecule has 0 spiro atoms. The monoisotopic (exact) mass is 196 g/mol. The van der Waals surface area contributed by atoms with Gasteiger partial charge in [-0.25, -0.2) is 0 Å². The average molecular weight is 196 g/mol. The van der Waals surface area contributed by atoms with Crippen LogP contribution in [0.15, 0.2) is 4.52 Å². The van der Waals surface area contributed by atoms with Crippen molar-refractivity contribution in [1.29, 1.82) is 0 Å². The van der Waals surface area contributed by atoms with Crippen LogP contribution in [0.25, 0.3) is 0 Å². The summed E-state index contributed by atoms with van der Waals surface area (Å²) in [6.07, 6.45) is 3.45. The Kier molecular flexibility index (Phi) is 2.23. The minimum absolute atomic E-state index is 0.0649. The van der Waals surface area contributed by atoms with Gasteiger partial charge in [0.2, 0.25) is 0 Å². The van der Waals surface area contributed by atoms with Crippen molar-refractivity contribution in [3.8, 4) is 5.95 Å². The Morgan fingerprint density at radius 3 is 2.71 bits per heavy atom. The molecule has 0 amide bonds. The number of aryl methyl sites for hydroxylation is 1. The molecule has 4 nitrogen and oxygen atoms in total. The largest absolute Gasteiger partial charge is 0.467 e. The summed E-state index contributed by atoms with van der Waals surface area (Å²) < 4.78 is 10.3. The molecule has 0 radical (unpaired) electrons. The fourth-order valence-electron chi connectivity index (χ4n) is 2.25. The fourth-order valence-corrected chi connectivity index (χ4v) is 2.25. The summed E-state index contributed by atoms with van der Waals surface area (Å²) in [5.41, 5.74) is 7.88. The van der Waals surface area contributed by atoms with Gasteiger partial charge in [0.15, 0.2) is 0 Å². The van der Waals surface area contributed by atoms with Crippen LogP contribution in [0.1, 0.15) is 30.5 Å². The highest BCUT2D eigenvalue weighted by atomic mass is 16.6. The van der Waals surface area contributed by atoms with Crippen molar-refractivity contribution in [2.75, 3.05) is 13.7 Å². The average Bonchev–Trinajstić information content (AvgIpc) is 2.48. The van der Waals surface area contributed by atoms with Gasteiger partial charge in [-0.15, -0.1) is 0 Å². The van der Waals surface area contributed by atoms with Crippen LogP contribution in [0.3, 0.4) is 0 Å². The summed E-state index contributed by atoms with van der Waals surface area (Å²) in [7, 11) is 1.60. The summed E-state index contributed by atoms with van der Waals surface area (Å²) in [6, 6.07) is 0. The normalized spacial score (nSPS) is 19.1. The van der Waals surface area contributed by atoms with Crippen molar-refractivity contribution >= 4 is 0 Å². The highest BCUT2D eigenvalue weighted by molar-refractivity contribution is 5.38. The Morgan fingerprint density at radius 2 is 2.29 bits per heavy atom. The lowest BCUT2D eigenvalue weighted by molar-refractivity contribution is 0.218. The maximum absolute atomic E-state index is 5.83. The second-order valence-corrected chi connectivity index (χ2v) is 3.97. The molecular formula is C10H16N2O2. The van der Waals surface area contributed by atoms with Gasteiger partial charge in [-0.1, -0.05) is 11.6 Å². The third kappa shape index (κ3) is 1.14. The molecule has 78 valence electrons. The van der Waals surface area contributed by atoms with Gasteiger partial charge in [-0.3, -0.25) is 0 Å². The molecule has 1 aromatic heterocycles. The quantitative estimate of drug-likeness (QED) is 0.793. The summed E-state index contributed by atoms with van der Waals surface area (Å²) in [4.78, 5) is 0. The van der Waals surface area contributed by atoms with Crippen molar-refractivity contribution in [1.82, 2.24) is 5.16 Å². The molecule has 0 saturated heterocycles. The van der Waals surface area contributed by atoms with Crippen molar-refractivity contribution in [3.05, 3.63) is 11.3 Å². The first kappa shape index (κ1) is 9.52. The predicted molar refractivity (Wildman–Crippen MR) is 52.4 cm³/mol. The summed E-state index contributed by atoms with van der Waals surface area (Å²) in [5.74, 6) is 0.535. The molecule has 0 unspecified atom stereocenters. The van der Waals surface area contributed by atoms with E-state index in [-0.39, 0.29) is 5.41 Å². The zero-order valence-electron chi connectivity index (χ0n) is 8.67. The molecule has 0 aliphatic heterocycles. The number of nitrogens with zero attached hydrogens (tertiary/aromatic N) is 1. The number of ether oxygens (including phenoxy) is 1. The minimum atomic E-state index is 0.0649. The maximum atomic E-state index is 5.83. The van der Waals surface area contributed by atoms with E-state index in [9.17, 15) is 0 Å². The Bertz CT molecular complexity index is 323. The lowest BCUT2D eigenvalue weighted by atomic mass is 9.64. The standard InChI is InChI=1S/C10H16N2O2/c1-7-8(9(13-2)14-12-7)10(6-11)4-3-5-10/h3-6,11H2,1-2H3. The molecule has 0 atom stereocenters. The van der Waals surface area contributed by atoms with Crippen molar-refractivity contribution in [2.24, 2.45) is 5.73 Å². The first-order valence-electron chi connectivity index (χ1n) is 4.94. The van der Waals surface area contributed by atoms with Crippen LogP contribution in [-0.2, 0) is 5.41 Å². The molecular weight excluding hydrogens is 180 g/mol. The number of methoxy groups -OCH3 is 1. The molecule has 1 aliphatic carbocycles. The lowest BCUT2D eigenvalue weighted by Gasteiger charge is -2.40. The van der Waals surface area contributed by atoms with Gasteiger partial charge in [-0.05, 0) is 19.8 Å². The third-order valence-electron chi connectivity index (χ3n) is 3.25. The summed E-state index contributed by atoms with van der Waals surface area (Å²) in [5, 5.41) is 3.93. The predicted octanol–water partition coefficient (Wildman–Crippen LogP) is 1.37. The topological polar surface area (TPSA) is 61.3 Å². The van der Waals surface area contributed by atoms with E-state index in [4.69, 9.17) is 15.0 Å². The van der Waals surface area contributed by atoms with E-state index < -0.39 is 0 Å². The molecule has 1 aromatic rings. The van der Waals surface area contributed by atoms with Gasteiger partial charge in [0.25, 0.3) is 0 Å². The van der Waals surface area contributed by atoms with Crippen molar-refractivity contribution in [2.45, 2.75) is 31.6 Å². The molecule has 2 N–H and O–H groups in total. The van der Waals surface area contributed by atoms with Gasteiger partial charge in [0.1, 0.15) is 0 Å². The van der Waals surface area contributed by atoms with Crippen LogP contribution in [0.2, 0.25) is 0 Å². The second kappa shape index (κ2) is 3.28. The molecule has 2 rings (SSSR count). The van der Waals surface area contributed by atoms with Crippen LogP contribution in [-0.4, -0.2) is 18.8 Å². The Hall–Kier alpha value is -1.03. The van der Waals surface area contributed by atoms with Crippen molar-refractivity contribution in [3.63, 3.8) is 0 Å². The third-order valence-corrected chi connectivity index (χ3v) is 3.25. The van der Waals surface area contributed by atoms with E-state index in [1.165, 1.54) is 6.42 Å². The summed E-state index contributed by atoms with van der Waals surface area (Å²) in [6.45, 7) is 2.59. The van der Waals surface area contributed by atoms with Crippen LogP contribution in [0.5, 0.6) is 5.95 Å². The molecule has 1 fully saturated rings. The second-order valence-electron chi connectivity index (χ2n) is 3.97. The number of hydrogen-bond acceptors (Lipinski definition) is 4. The van der Waals surface area contributed by atoms with Crippen LogP contribution in [0, 0.1) is 6.92 Å². The van der Waals surface area contributed by atoms with E-state index in [1.54, 1.807) is 7.11 Å². The molecule has 1 heterocycles. The van der Waals surface area contributed by atoms with E-state index in [0.717, 1.165) is 24.1 Å². The molecule has 4 heteroatoms. The minimum Gasteiger partial charge on any atom is -0.467 e. The first-order valence-corrected chi connectivity index (χ1v) is 4.94. The van der Waals surface area contributed by atoms with Gasteiger partial charge in [0.05, 0.1) is 18.4 Å². The lowest BCUT2D eigenvalue weighted by Crippen LogP contribution is -2.42. The van der Waals surface area contributed by atoms with Crippen LogP contribution < -0.4 is 10.5 Å². The Morgan fingerprint density at radius 1 is 1.57 bits per heavy atom. The fraction of sp³-hybridized carbons (Fsp3) is 0.700. The smallest absolute Gasteiger partial charge is 0.314 e. The van der Waals surface area contributed by atoms with E-state index in [2.05, 4.69) is 5.16 Å². The molecule has 1 aliphatic rings. The summed E-state index contributed by atoms with van der Waals surface area (Å²) >= 11 is 0. The van der Waals surface area contributed by atoms with Gasteiger partial charge in [0, 0.05) is 12.0 Å². The Balaban J connectivity index is 2.42. The Labute approximate surface area is 83.4 Å². The number of nitrogens with two attached hydrogens (primary N) is 1. The molecule has 1 saturated carbocycles. The first-order chi connectivity index (χ1) is 6.73. The van der Waals surface area contributed by atoms with E-state index in [0.29, 0.717) is 12.5 Å². The number of rotatable bonds is 3. The molecule has 14 heavy (non-hydrogen) atoms. The zero-order valence-corrected chi connectivity index (χ0v) is 8.67. The molecule has 0 aromatic carbocycles. The highest BCUT2D eigenvalue weighted by Crippen LogP contribution is 2.47. The van der Waals surface area contributed by atoms with Crippen LogP contribution >= 0.6 is 0 Å². The van der Waals surface area contributed by atoms with Crippen LogP contribution in [0.4, 0.5) is 0 Å². The molecule has 0 bridgehead atoms. The van der Waals surface area contributed by atoms with Gasteiger partial charge < -0.3 is 15.0 Å². The number of aromatic nitrogens is 1. The maximum Gasteiger partial charge on any atom is 0.314 e. The van der Waals surface area contributed by atoms with Crippen molar-refractivity contribution < 1.29 is 9.26 Å². The van der Waals surface area contributed by atoms with Gasteiger partial charge in [-0.2, -0.15) is 0 Å². The van der Waals surface area contributed by atoms with Gasteiger partial charge >= 0.3 is 5.95 Å².